The first-order valence-electron chi connectivity index (χ1n) is 8.57. The Hall–Kier alpha value is -1.32. The summed E-state index contributed by atoms with van der Waals surface area (Å²) in [6.07, 6.45) is 10.7. The van der Waals surface area contributed by atoms with E-state index in [2.05, 4.69) is 41.4 Å². The molecule has 4 heteroatoms. The van der Waals surface area contributed by atoms with Gasteiger partial charge in [0.2, 0.25) is 0 Å². The minimum Gasteiger partial charge on any atom is -0.370 e. The lowest BCUT2D eigenvalue weighted by atomic mass is 10.0. The molecule has 1 fully saturated rings. The van der Waals surface area contributed by atoms with Crippen molar-refractivity contribution in [3.8, 4) is 0 Å². The van der Waals surface area contributed by atoms with Crippen LogP contribution in [-0.2, 0) is 0 Å². The molecule has 0 unspecified atom stereocenters. The van der Waals surface area contributed by atoms with Crippen molar-refractivity contribution in [2.75, 3.05) is 17.2 Å². The first kappa shape index (κ1) is 16.1. The first-order chi connectivity index (χ1) is 10.2. The van der Waals surface area contributed by atoms with Crippen LogP contribution in [0, 0.1) is 0 Å². The lowest BCUT2D eigenvalue weighted by Gasteiger charge is -2.22. The van der Waals surface area contributed by atoms with E-state index in [-0.39, 0.29) is 0 Å². The van der Waals surface area contributed by atoms with Gasteiger partial charge in [-0.25, -0.2) is 9.97 Å². The van der Waals surface area contributed by atoms with Gasteiger partial charge in [-0.2, -0.15) is 0 Å². The smallest absolute Gasteiger partial charge is 0.135 e. The Morgan fingerprint density at radius 1 is 1.10 bits per heavy atom. The number of nitrogens with one attached hydrogen (secondary N) is 2. The molecule has 21 heavy (non-hydrogen) atoms. The highest BCUT2D eigenvalue weighted by atomic mass is 15.1. The van der Waals surface area contributed by atoms with Gasteiger partial charge in [0, 0.05) is 18.2 Å². The Balaban J connectivity index is 2.16. The van der Waals surface area contributed by atoms with Crippen LogP contribution in [0.4, 0.5) is 11.6 Å². The summed E-state index contributed by atoms with van der Waals surface area (Å²) in [6.45, 7) is 7.57. The topological polar surface area (TPSA) is 49.8 Å². The van der Waals surface area contributed by atoms with Crippen LogP contribution in [0.25, 0.3) is 0 Å². The van der Waals surface area contributed by atoms with Gasteiger partial charge in [-0.1, -0.05) is 46.5 Å². The van der Waals surface area contributed by atoms with E-state index in [0.717, 1.165) is 24.6 Å². The maximum Gasteiger partial charge on any atom is 0.135 e. The molecule has 0 bridgehead atoms. The van der Waals surface area contributed by atoms with E-state index < -0.39 is 0 Å². The van der Waals surface area contributed by atoms with Crippen molar-refractivity contribution in [1.29, 1.82) is 0 Å². The lowest BCUT2D eigenvalue weighted by molar-refractivity contribution is 0.615. The molecule has 1 aromatic heterocycles. The highest BCUT2D eigenvalue weighted by Crippen LogP contribution is 2.30. The van der Waals surface area contributed by atoms with E-state index in [9.17, 15) is 0 Å². The molecule has 2 N–H and O–H groups in total. The Morgan fingerprint density at radius 2 is 1.76 bits per heavy atom. The lowest BCUT2D eigenvalue weighted by Crippen LogP contribution is -2.21. The van der Waals surface area contributed by atoms with E-state index >= 15 is 0 Å². The quantitative estimate of drug-likeness (QED) is 0.754. The standard InChI is InChI=1S/C17H30N4/c1-4-11-18-16-15(13(2)3)17(20-12-19-16)21-14-9-7-5-6-8-10-14/h12-14H,4-11H2,1-3H3,(H2,18,19,20,21). The molecule has 0 saturated heterocycles. The van der Waals surface area contributed by atoms with Gasteiger partial charge in [0.25, 0.3) is 0 Å². The second-order valence-electron chi connectivity index (χ2n) is 6.40. The summed E-state index contributed by atoms with van der Waals surface area (Å²) in [5.74, 6) is 2.45. The van der Waals surface area contributed by atoms with Crippen LogP contribution in [0.15, 0.2) is 6.33 Å². The number of anilines is 2. The predicted octanol–water partition coefficient (Wildman–Crippen LogP) is 4.56. The summed E-state index contributed by atoms with van der Waals surface area (Å²) in [5.41, 5.74) is 1.23. The van der Waals surface area contributed by atoms with Crippen LogP contribution < -0.4 is 10.6 Å². The Kier molecular flexibility index (Phi) is 6.27. The van der Waals surface area contributed by atoms with E-state index in [4.69, 9.17) is 0 Å². The summed E-state index contributed by atoms with van der Waals surface area (Å²) >= 11 is 0. The molecule has 0 aliphatic heterocycles. The van der Waals surface area contributed by atoms with Gasteiger partial charge in [0.1, 0.15) is 18.0 Å². The van der Waals surface area contributed by atoms with Gasteiger partial charge in [0.05, 0.1) is 0 Å². The Bertz CT molecular complexity index is 423. The molecule has 1 aliphatic carbocycles. The van der Waals surface area contributed by atoms with Crippen molar-refractivity contribution in [3.63, 3.8) is 0 Å². The molecule has 118 valence electrons. The van der Waals surface area contributed by atoms with Gasteiger partial charge in [-0.3, -0.25) is 0 Å². The Morgan fingerprint density at radius 3 is 2.38 bits per heavy atom. The number of aromatic nitrogens is 2. The maximum atomic E-state index is 4.53. The van der Waals surface area contributed by atoms with Gasteiger partial charge in [0.15, 0.2) is 0 Å². The molecule has 1 heterocycles. The van der Waals surface area contributed by atoms with Gasteiger partial charge >= 0.3 is 0 Å². The van der Waals surface area contributed by atoms with Crippen LogP contribution in [0.3, 0.4) is 0 Å². The molecule has 4 nitrogen and oxygen atoms in total. The molecule has 1 aliphatic rings. The summed E-state index contributed by atoms with van der Waals surface area (Å²) in [7, 11) is 0. The number of nitrogens with zero attached hydrogens (tertiary/aromatic N) is 2. The highest BCUT2D eigenvalue weighted by Gasteiger charge is 2.18. The normalized spacial score (nSPS) is 16.8. The zero-order chi connectivity index (χ0) is 15.1. The zero-order valence-electron chi connectivity index (χ0n) is 13.8. The zero-order valence-corrected chi connectivity index (χ0v) is 13.8. The molecular weight excluding hydrogens is 260 g/mol. The average Bonchev–Trinajstić information content (AvgIpc) is 2.73. The van der Waals surface area contributed by atoms with Gasteiger partial charge < -0.3 is 10.6 Å². The van der Waals surface area contributed by atoms with Crippen molar-refractivity contribution in [2.24, 2.45) is 0 Å². The fourth-order valence-electron chi connectivity index (χ4n) is 3.06. The molecular formula is C17H30N4. The monoisotopic (exact) mass is 290 g/mol. The molecule has 1 aromatic rings. The molecule has 0 amide bonds. The van der Waals surface area contributed by atoms with Crippen molar-refractivity contribution in [2.45, 2.75) is 77.7 Å². The summed E-state index contributed by atoms with van der Waals surface area (Å²) < 4.78 is 0. The average molecular weight is 290 g/mol. The van der Waals surface area contributed by atoms with Crippen molar-refractivity contribution < 1.29 is 0 Å². The van der Waals surface area contributed by atoms with Gasteiger partial charge in [-0.05, 0) is 25.2 Å². The number of hydrogen-bond donors (Lipinski definition) is 2. The predicted molar refractivity (Wildman–Crippen MR) is 90.0 cm³/mol. The molecule has 0 atom stereocenters. The second kappa shape index (κ2) is 8.20. The highest BCUT2D eigenvalue weighted by molar-refractivity contribution is 5.59. The van der Waals surface area contributed by atoms with Crippen LogP contribution in [0.1, 0.15) is 77.2 Å². The first-order valence-corrected chi connectivity index (χ1v) is 8.57. The summed E-state index contributed by atoms with van der Waals surface area (Å²) in [6, 6.07) is 0.568. The molecule has 2 rings (SSSR count). The minimum absolute atomic E-state index is 0.416. The summed E-state index contributed by atoms with van der Waals surface area (Å²) in [4.78, 5) is 8.98. The van der Waals surface area contributed by atoms with Crippen LogP contribution in [0.5, 0.6) is 0 Å². The number of rotatable bonds is 6. The van der Waals surface area contributed by atoms with E-state index in [1.807, 2.05) is 0 Å². The third-order valence-electron chi connectivity index (χ3n) is 4.20. The molecule has 0 aromatic carbocycles. The van der Waals surface area contributed by atoms with E-state index in [1.165, 1.54) is 44.1 Å². The van der Waals surface area contributed by atoms with Crippen LogP contribution in [0.2, 0.25) is 0 Å². The third-order valence-corrected chi connectivity index (χ3v) is 4.20. The van der Waals surface area contributed by atoms with Crippen molar-refractivity contribution in [1.82, 2.24) is 9.97 Å². The summed E-state index contributed by atoms with van der Waals surface area (Å²) in [5, 5.41) is 7.14. The number of hydrogen-bond acceptors (Lipinski definition) is 4. The second-order valence-corrected chi connectivity index (χ2v) is 6.40. The molecule has 0 radical (unpaired) electrons. The minimum atomic E-state index is 0.416. The largest absolute Gasteiger partial charge is 0.370 e. The van der Waals surface area contributed by atoms with E-state index in [0.29, 0.717) is 12.0 Å². The van der Waals surface area contributed by atoms with E-state index in [1.54, 1.807) is 6.33 Å². The fraction of sp³-hybridized carbons (Fsp3) is 0.765. The third kappa shape index (κ3) is 4.58. The fourth-order valence-corrected chi connectivity index (χ4v) is 3.06. The van der Waals surface area contributed by atoms with Crippen molar-refractivity contribution >= 4 is 11.6 Å². The van der Waals surface area contributed by atoms with Crippen LogP contribution in [-0.4, -0.2) is 22.6 Å². The molecule has 0 spiro atoms. The maximum absolute atomic E-state index is 4.53. The van der Waals surface area contributed by atoms with Gasteiger partial charge in [-0.15, -0.1) is 0 Å². The van der Waals surface area contributed by atoms with Crippen LogP contribution >= 0.6 is 0 Å². The SMILES string of the molecule is CCCNc1ncnc(NC2CCCCCC2)c1C(C)C. The van der Waals surface area contributed by atoms with Crippen molar-refractivity contribution in [3.05, 3.63) is 11.9 Å². The Labute approximate surface area is 129 Å². The molecule has 1 saturated carbocycles.